The molecule has 2 aromatic carbocycles. The van der Waals surface area contributed by atoms with Crippen LogP contribution in [-0.4, -0.2) is 49.1 Å². The summed E-state index contributed by atoms with van der Waals surface area (Å²) in [7, 11) is -3.53. The Balaban J connectivity index is 1.80. The molecule has 0 radical (unpaired) electrons. The van der Waals surface area contributed by atoms with Gasteiger partial charge in [-0.1, -0.05) is 25.4 Å². The van der Waals surface area contributed by atoms with Crippen LogP contribution in [0.4, 0.5) is 11.4 Å². The molecule has 0 bridgehead atoms. The van der Waals surface area contributed by atoms with Crippen molar-refractivity contribution in [3.05, 3.63) is 53.6 Å². The van der Waals surface area contributed by atoms with Crippen molar-refractivity contribution in [2.45, 2.75) is 18.7 Å². The second kappa shape index (κ2) is 11.4. The second-order valence-corrected chi connectivity index (χ2v) is 9.57. The maximum Gasteiger partial charge on any atom is 0.243 e. The van der Waals surface area contributed by atoms with Crippen LogP contribution in [0.25, 0.3) is 0 Å². The van der Waals surface area contributed by atoms with Gasteiger partial charge in [0.25, 0.3) is 0 Å². The van der Waals surface area contributed by atoms with Gasteiger partial charge in [-0.25, -0.2) is 8.42 Å². The van der Waals surface area contributed by atoms with Gasteiger partial charge in [0.1, 0.15) is 0 Å². The molecule has 0 saturated carbocycles. The quantitative estimate of drug-likeness (QED) is 0.553. The monoisotopic (exact) mass is 469 g/mol. The highest BCUT2D eigenvalue weighted by Crippen LogP contribution is 2.19. The van der Waals surface area contributed by atoms with E-state index in [9.17, 15) is 18.0 Å². The van der Waals surface area contributed by atoms with Gasteiger partial charge in [0.05, 0.1) is 16.4 Å². The van der Waals surface area contributed by atoms with E-state index in [0.717, 1.165) is 0 Å². The number of sulfonamides is 1. The average molecular weight is 470 g/mol. The maximum absolute atomic E-state index is 12.5. The van der Waals surface area contributed by atoms with E-state index >= 15 is 0 Å². The van der Waals surface area contributed by atoms with Crippen LogP contribution in [-0.2, 0) is 19.6 Å². The minimum Gasteiger partial charge on any atom is -0.325 e. The molecule has 162 valence electrons. The van der Waals surface area contributed by atoms with E-state index in [-0.39, 0.29) is 28.2 Å². The predicted octanol–water partition coefficient (Wildman–Crippen LogP) is 3.68. The molecule has 2 amide bonds. The Bertz CT molecular complexity index is 961. The van der Waals surface area contributed by atoms with Crippen molar-refractivity contribution in [1.82, 2.24) is 4.31 Å². The van der Waals surface area contributed by atoms with E-state index in [2.05, 4.69) is 10.6 Å². The number of amides is 2. The van der Waals surface area contributed by atoms with E-state index in [0.29, 0.717) is 29.5 Å². The number of benzene rings is 2. The number of carbonyl (C=O) groups is 2. The van der Waals surface area contributed by atoms with Crippen molar-refractivity contribution < 1.29 is 18.0 Å². The topological polar surface area (TPSA) is 95.6 Å². The summed E-state index contributed by atoms with van der Waals surface area (Å²) >= 11 is 6.97. The predicted molar refractivity (Wildman–Crippen MR) is 123 cm³/mol. The number of nitrogens with zero attached hydrogens (tertiary/aromatic N) is 1. The molecule has 0 aromatic heterocycles. The van der Waals surface area contributed by atoms with Crippen molar-refractivity contribution in [2.24, 2.45) is 0 Å². The molecule has 0 aliphatic heterocycles. The van der Waals surface area contributed by atoms with Crippen LogP contribution >= 0.6 is 23.4 Å². The summed E-state index contributed by atoms with van der Waals surface area (Å²) in [5, 5.41) is 5.99. The molecule has 30 heavy (non-hydrogen) atoms. The number of hydrogen-bond donors (Lipinski definition) is 2. The Kier molecular flexibility index (Phi) is 9.16. The molecule has 7 nitrogen and oxygen atoms in total. The van der Waals surface area contributed by atoms with Gasteiger partial charge >= 0.3 is 0 Å². The summed E-state index contributed by atoms with van der Waals surface area (Å²) in [6, 6.07) is 12.8. The molecule has 10 heteroatoms. The summed E-state index contributed by atoms with van der Waals surface area (Å²) in [4.78, 5) is 24.2. The van der Waals surface area contributed by atoms with Gasteiger partial charge in [-0.05, 0) is 48.5 Å². The number of thioether (sulfide) groups is 1. The summed E-state index contributed by atoms with van der Waals surface area (Å²) < 4.78 is 26.3. The fourth-order valence-electron chi connectivity index (χ4n) is 2.59. The van der Waals surface area contributed by atoms with Crippen LogP contribution < -0.4 is 10.6 Å². The molecule has 2 N–H and O–H groups in total. The zero-order valence-electron chi connectivity index (χ0n) is 16.7. The Morgan fingerprint density at radius 1 is 0.867 bits per heavy atom. The normalized spacial score (nSPS) is 11.3. The molecular weight excluding hydrogens is 446 g/mol. The number of anilines is 2. The highest BCUT2D eigenvalue weighted by molar-refractivity contribution is 8.00. The number of rotatable bonds is 10. The number of nitrogens with one attached hydrogen (secondary N) is 2. The third-order valence-corrected chi connectivity index (χ3v) is 7.32. The summed E-state index contributed by atoms with van der Waals surface area (Å²) in [5.74, 6) is -0.287. The van der Waals surface area contributed by atoms with Crippen molar-refractivity contribution in [3.8, 4) is 0 Å². The molecular formula is C20H24ClN3O4S2. The van der Waals surface area contributed by atoms with Gasteiger partial charge in [0, 0.05) is 29.5 Å². The van der Waals surface area contributed by atoms with Gasteiger partial charge in [0.15, 0.2) is 0 Å². The van der Waals surface area contributed by atoms with Crippen LogP contribution in [0.1, 0.15) is 13.8 Å². The van der Waals surface area contributed by atoms with Crippen molar-refractivity contribution in [1.29, 1.82) is 0 Å². The van der Waals surface area contributed by atoms with Crippen LogP contribution in [0, 0.1) is 0 Å². The highest BCUT2D eigenvalue weighted by atomic mass is 35.5. The van der Waals surface area contributed by atoms with E-state index < -0.39 is 10.0 Å². The molecule has 0 heterocycles. The van der Waals surface area contributed by atoms with Gasteiger partial charge in [-0.3, -0.25) is 9.59 Å². The Hall–Kier alpha value is -2.07. The molecule has 0 fully saturated rings. The first-order valence-corrected chi connectivity index (χ1v) is 12.3. The first-order valence-electron chi connectivity index (χ1n) is 9.29. The fourth-order valence-corrected chi connectivity index (χ4v) is 4.79. The number of halogens is 1. The van der Waals surface area contributed by atoms with Crippen LogP contribution in [0.3, 0.4) is 0 Å². The largest absolute Gasteiger partial charge is 0.325 e. The summed E-state index contributed by atoms with van der Waals surface area (Å²) in [5.41, 5.74) is 1.12. The van der Waals surface area contributed by atoms with Crippen molar-refractivity contribution in [2.75, 3.05) is 35.2 Å². The molecule has 0 saturated heterocycles. The SMILES string of the molecule is CCN(CC)S(=O)(=O)c1ccc(NC(=O)CSCC(=O)Nc2ccc(Cl)cc2)cc1. The number of carbonyl (C=O) groups excluding carboxylic acids is 2. The minimum absolute atomic E-state index is 0.0908. The lowest BCUT2D eigenvalue weighted by molar-refractivity contribution is -0.114. The fraction of sp³-hybridized carbons (Fsp3) is 0.300. The number of hydrogen-bond acceptors (Lipinski definition) is 5. The van der Waals surface area contributed by atoms with Gasteiger partial charge < -0.3 is 10.6 Å². The summed E-state index contributed by atoms with van der Waals surface area (Å²) in [6.45, 7) is 4.34. The lowest BCUT2D eigenvalue weighted by Gasteiger charge is -2.18. The lowest BCUT2D eigenvalue weighted by Crippen LogP contribution is -2.30. The van der Waals surface area contributed by atoms with Crippen LogP contribution in [0.15, 0.2) is 53.4 Å². The minimum atomic E-state index is -3.53. The molecule has 0 aliphatic rings. The second-order valence-electron chi connectivity index (χ2n) is 6.21. The first kappa shape index (κ1) is 24.2. The van der Waals surface area contributed by atoms with E-state index in [1.165, 1.54) is 28.2 Å². The molecule has 2 aromatic rings. The Labute approximate surface area is 186 Å². The van der Waals surface area contributed by atoms with Gasteiger partial charge in [0.2, 0.25) is 21.8 Å². The molecule has 0 aliphatic carbocycles. The van der Waals surface area contributed by atoms with Gasteiger partial charge in [-0.15, -0.1) is 11.8 Å². The Morgan fingerprint density at radius 3 is 1.73 bits per heavy atom. The smallest absolute Gasteiger partial charge is 0.243 e. The van der Waals surface area contributed by atoms with E-state index in [1.807, 2.05) is 0 Å². The van der Waals surface area contributed by atoms with Crippen LogP contribution in [0.5, 0.6) is 0 Å². The summed E-state index contributed by atoms with van der Waals surface area (Å²) in [6.07, 6.45) is 0. The average Bonchev–Trinajstić information content (AvgIpc) is 2.71. The molecule has 0 atom stereocenters. The van der Waals surface area contributed by atoms with Crippen molar-refractivity contribution in [3.63, 3.8) is 0 Å². The molecule has 0 spiro atoms. The third-order valence-electron chi connectivity index (χ3n) is 4.08. The molecule has 2 rings (SSSR count). The Morgan fingerprint density at radius 2 is 1.30 bits per heavy atom. The first-order chi connectivity index (χ1) is 14.3. The van der Waals surface area contributed by atoms with Gasteiger partial charge in [-0.2, -0.15) is 4.31 Å². The lowest BCUT2D eigenvalue weighted by atomic mass is 10.3. The third kappa shape index (κ3) is 7.02. The highest BCUT2D eigenvalue weighted by Gasteiger charge is 2.21. The van der Waals surface area contributed by atoms with E-state index in [4.69, 9.17) is 11.6 Å². The van der Waals surface area contributed by atoms with Crippen LogP contribution in [0.2, 0.25) is 5.02 Å². The molecule has 0 unspecified atom stereocenters. The standard InChI is InChI=1S/C20H24ClN3O4S2/c1-3-24(4-2)30(27,28)18-11-9-17(10-12-18)23-20(26)14-29-13-19(25)22-16-7-5-15(21)6-8-16/h5-12H,3-4,13-14H2,1-2H3,(H,22,25)(H,23,26). The maximum atomic E-state index is 12.5. The zero-order chi connectivity index (χ0) is 22.1. The zero-order valence-corrected chi connectivity index (χ0v) is 19.1. The van der Waals surface area contributed by atoms with Crippen molar-refractivity contribution >= 4 is 56.6 Å². The van der Waals surface area contributed by atoms with E-state index in [1.54, 1.807) is 50.2 Å².